The smallest absolute Gasteiger partial charge is 0.258 e. The molecule has 1 amide bonds. The van der Waals surface area contributed by atoms with Crippen molar-refractivity contribution in [2.75, 3.05) is 5.32 Å². The Morgan fingerprint density at radius 3 is 2.52 bits per heavy atom. The summed E-state index contributed by atoms with van der Waals surface area (Å²) in [5.41, 5.74) is 1.96. The van der Waals surface area contributed by atoms with E-state index in [0.717, 1.165) is 18.5 Å². The van der Waals surface area contributed by atoms with E-state index in [1.165, 1.54) is 6.07 Å². The molecule has 4 rings (SSSR count). The highest BCUT2D eigenvalue weighted by molar-refractivity contribution is 6.02. The van der Waals surface area contributed by atoms with Crippen molar-refractivity contribution >= 4 is 11.6 Å². The molecule has 3 nitrogen and oxygen atoms in total. The molecular formula is C17H15FN2O. The van der Waals surface area contributed by atoms with Gasteiger partial charge in [0.1, 0.15) is 12.0 Å². The number of hydrogen-bond acceptors (Lipinski definition) is 2. The van der Waals surface area contributed by atoms with Gasteiger partial charge in [-0.15, -0.1) is 0 Å². The standard InChI is InChI=1S/C17H15FN2O/c18-14-7-3-1-5-12(14)16-19-15-8-4-2-6-13(15)17(21)20(16)11-9-10-11/h1-8,11,16,19H,9-10H2. The zero-order valence-electron chi connectivity index (χ0n) is 11.4. The number of amides is 1. The van der Waals surface area contributed by atoms with Gasteiger partial charge in [-0.05, 0) is 31.0 Å². The first kappa shape index (κ1) is 12.4. The number of halogens is 1. The third kappa shape index (κ3) is 1.98. The maximum absolute atomic E-state index is 14.2. The second-order valence-corrected chi connectivity index (χ2v) is 5.56. The molecule has 0 saturated heterocycles. The van der Waals surface area contributed by atoms with Gasteiger partial charge >= 0.3 is 0 Å². The van der Waals surface area contributed by atoms with E-state index in [4.69, 9.17) is 0 Å². The summed E-state index contributed by atoms with van der Waals surface area (Å²) in [4.78, 5) is 14.5. The van der Waals surface area contributed by atoms with Crippen LogP contribution in [-0.4, -0.2) is 16.8 Å². The summed E-state index contributed by atoms with van der Waals surface area (Å²) in [5.74, 6) is -0.298. The predicted octanol–water partition coefficient (Wildman–Crippen LogP) is 3.55. The second kappa shape index (κ2) is 4.58. The number of carbonyl (C=O) groups is 1. The molecule has 2 aromatic rings. The van der Waals surface area contributed by atoms with Gasteiger partial charge in [0.25, 0.3) is 5.91 Å². The quantitative estimate of drug-likeness (QED) is 0.913. The molecule has 1 saturated carbocycles. The van der Waals surface area contributed by atoms with Crippen molar-refractivity contribution < 1.29 is 9.18 Å². The minimum atomic E-state index is -0.430. The number of nitrogens with zero attached hydrogens (tertiary/aromatic N) is 1. The number of nitrogens with one attached hydrogen (secondary N) is 1. The van der Waals surface area contributed by atoms with Crippen LogP contribution in [0.15, 0.2) is 48.5 Å². The fraction of sp³-hybridized carbons (Fsp3) is 0.235. The van der Waals surface area contributed by atoms with E-state index in [1.807, 2.05) is 24.3 Å². The van der Waals surface area contributed by atoms with Gasteiger partial charge in [0.05, 0.1) is 5.56 Å². The molecule has 1 N–H and O–H groups in total. The van der Waals surface area contributed by atoms with Crippen LogP contribution in [0.4, 0.5) is 10.1 Å². The van der Waals surface area contributed by atoms with E-state index < -0.39 is 6.17 Å². The van der Waals surface area contributed by atoms with Gasteiger partial charge in [-0.1, -0.05) is 30.3 Å². The van der Waals surface area contributed by atoms with Crippen molar-refractivity contribution in [2.24, 2.45) is 0 Å². The SMILES string of the molecule is O=C1c2ccccc2NC(c2ccccc2F)N1C1CC1. The fourth-order valence-corrected chi connectivity index (χ4v) is 2.92. The van der Waals surface area contributed by atoms with E-state index in [1.54, 1.807) is 23.1 Å². The van der Waals surface area contributed by atoms with Crippen LogP contribution in [0, 0.1) is 5.82 Å². The van der Waals surface area contributed by atoms with Crippen molar-refractivity contribution in [1.82, 2.24) is 4.90 Å². The topological polar surface area (TPSA) is 32.3 Å². The molecule has 1 fully saturated rings. The maximum atomic E-state index is 14.2. The average molecular weight is 282 g/mol. The van der Waals surface area contributed by atoms with Gasteiger partial charge in [0.2, 0.25) is 0 Å². The summed E-state index contributed by atoms with van der Waals surface area (Å²) in [6.07, 6.45) is 1.54. The van der Waals surface area contributed by atoms with Gasteiger partial charge in [-0.3, -0.25) is 4.79 Å². The predicted molar refractivity (Wildman–Crippen MR) is 78.4 cm³/mol. The van der Waals surface area contributed by atoms with Crippen LogP contribution < -0.4 is 5.32 Å². The fourth-order valence-electron chi connectivity index (χ4n) is 2.92. The number of rotatable bonds is 2. The van der Waals surface area contributed by atoms with Crippen LogP contribution in [-0.2, 0) is 0 Å². The van der Waals surface area contributed by atoms with Crippen LogP contribution >= 0.6 is 0 Å². The summed E-state index contributed by atoms with van der Waals surface area (Å²) in [7, 11) is 0. The molecule has 106 valence electrons. The third-order valence-electron chi connectivity index (χ3n) is 4.10. The minimum absolute atomic E-state index is 0.0138. The minimum Gasteiger partial charge on any atom is -0.361 e. The number of hydrogen-bond donors (Lipinski definition) is 1. The molecule has 1 heterocycles. The van der Waals surface area contributed by atoms with E-state index in [0.29, 0.717) is 11.1 Å². The summed E-state index contributed by atoms with van der Waals surface area (Å²) >= 11 is 0. The van der Waals surface area contributed by atoms with Crippen LogP contribution in [0.5, 0.6) is 0 Å². The molecule has 1 atom stereocenters. The number of anilines is 1. The largest absolute Gasteiger partial charge is 0.361 e. The maximum Gasteiger partial charge on any atom is 0.258 e. The molecule has 2 aromatic carbocycles. The molecule has 1 aliphatic carbocycles. The third-order valence-corrected chi connectivity index (χ3v) is 4.10. The second-order valence-electron chi connectivity index (χ2n) is 5.56. The molecular weight excluding hydrogens is 267 g/mol. The molecule has 0 aromatic heterocycles. The van der Waals surface area contributed by atoms with Crippen LogP contribution in [0.25, 0.3) is 0 Å². The van der Waals surface area contributed by atoms with E-state index in [9.17, 15) is 9.18 Å². The zero-order chi connectivity index (χ0) is 14.4. The lowest BCUT2D eigenvalue weighted by atomic mass is 10.0. The number of para-hydroxylation sites is 1. The molecule has 21 heavy (non-hydrogen) atoms. The number of benzene rings is 2. The highest BCUT2D eigenvalue weighted by Gasteiger charge is 2.42. The lowest BCUT2D eigenvalue weighted by Gasteiger charge is -2.38. The Morgan fingerprint density at radius 1 is 1.05 bits per heavy atom. The summed E-state index contributed by atoms with van der Waals surface area (Å²) in [6, 6.07) is 14.3. The van der Waals surface area contributed by atoms with Crippen molar-refractivity contribution in [1.29, 1.82) is 0 Å². The first-order chi connectivity index (χ1) is 10.3. The number of carbonyl (C=O) groups excluding carboxylic acids is 1. The monoisotopic (exact) mass is 282 g/mol. The number of fused-ring (bicyclic) bond motifs is 1. The Kier molecular flexibility index (Phi) is 2.70. The molecule has 2 aliphatic rings. The molecule has 1 aliphatic heterocycles. The van der Waals surface area contributed by atoms with Gasteiger partial charge in [0, 0.05) is 17.3 Å². The summed E-state index contributed by atoms with van der Waals surface area (Å²) < 4.78 is 14.2. The van der Waals surface area contributed by atoms with Crippen LogP contribution in [0.3, 0.4) is 0 Å². The summed E-state index contributed by atoms with van der Waals surface area (Å²) in [5, 5.41) is 3.32. The lowest BCUT2D eigenvalue weighted by molar-refractivity contribution is 0.0663. The Bertz CT molecular complexity index is 711. The van der Waals surface area contributed by atoms with Crippen molar-refractivity contribution in [3.05, 3.63) is 65.5 Å². The van der Waals surface area contributed by atoms with E-state index >= 15 is 0 Å². The Hall–Kier alpha value is -2.36. The average Bonchev–Trinajstić information content (AvgIpc) is 3.32. The van der Waals surface area contributed by atoms with E-state index in [-0.39, 0.29) is 17.8 Å². The first-order valence-electron chi connectivity index (χ1n) is 7.18. The molecule has 0 radical (unpaired) electrons. The van der Waals surface area contributed by atoms with Crippen molar-refractivity contribution in [3.8, 4) is 0 Å². The van der Waals surface area contributed by atoms with Gasteiger partial charge in [-0.25, -0.2) is 4.39 Å². The van der Waals surface area contributed by atoms with Crippen LogP contribution in [0.1, 0.15) is 34.9 Å². The van der Waals surface area contributed by atoms with Gasteiger partial charge < -0.3 is 10.2 Å². The van der Waals surface area contributed by atoms with Crippen molar-refractivity contribution in [2.45, 2.75) is 25.0 Å². The van der Waals surface area contributed by atoms with Gasteiger partial charge in [0.15, 0.2) is 0 Å². The Labute approximate surface area is 122 Å². The lowest BCUT2D eigenvalue weighted by Crippen LogP contribution is -2.44. The first-order valence-corrected chi connectivity index (χ1v) is 7.18. The molecule has 1 unspecified atom stereocenters. The molecule has 4 heteroatoms. The molecule has 0 bridgehead atoms. The summed E-state index contributed by atoms with van der Waals surface area (Å²) in [6.45, 7) is 0. The Morgan fingerprint density at radius 2 is 1.76 bits per heavy atom. The highest BCUT2D eigenvalue weighted by atomic mass is 19.1. The van der Waals surface area contributed by atoms with Crippen molar-refractivity contribution in [3.63, 3.8) is 0 Å². The highest BCUT2D eigenvalue weighted by Crippen LogP contribution is 2.41. The zero-order valence-corrected chi connectivity index (χ0v) is 11.4. The normalized spacial score (nSPS) is 20.9. The van der Waals surface area contributed by atoms with Gasteiger partial charge in [-0.2, -0.15) is 0 Å². The Balaban J connectivity index is 1.83. The van der Waals surface area contributed by atoms with Crippen LogP contribution in [0.2, 0.25) is 0 Å². The molecule has 0 spiro atoms. The van der Waals surface area contributed by atoms with E-state index in [2.05, 4.69) is 5.32 Å².